The fourth-order valence-electron chi connectivity index (χ4n) is 3.12. The van der Waals surface area contributed by atoms with Crippen molar-refractivity contribution in [2.45, 2.75) is 45.1 Å². The van der Waals surface area contributed by atoms with Crippen LogP contribution in [0.4, 0.5) is 0 Å². The molecule has 2 aromatic heterocycles. The van der Waals surface area contributed by atoms with Crippen molar-refractivity contribution in [1.29, 1.82) is 0 Å². The van der Waals surface area contributed by atoms with Crippen LogP contribution in [0.5, 0.6) is 0 Å². The molecule has 2 N–H and O–H groups in total. The maximum atomic E-state index is 12.9. The molecule has 8 heteroatoms. The van der Waals surface area contributed by atoms with Gasteiger partial charge in [0.1, 0.15) is 10.7 Å². The summed E-state index contributed by atoms with van der Waals surface area (Å²) in [6.45, 7) is 1.90. The number of fused-ring (bicyclic) bond motifs is 3. The van der Waals surface area contributed by atoms with Gasteiger partial charge in [-0.15, -0.1) is 11.3 Å². The largest absolute Gasteiger partial charge is 0.481 e. The van der Waals surface area contributed by atoms with Crippen molar-refractivity contribution in [3.8, 4) is 0 Å². The second-order valence-corrected chi connectivity index (χ2v) is 6.61. The quantitative estimate of drug-likeness (QED) is 0.858. The summed E-state index contributed by atoms with van der Waals surface area (Å²) in [5, 5.41) is 18.6. The predicted octanol–water partition coefficient (Wildman–Crippen LogP) is 1.61. The van der Waals surface area contributed by atoms with E-state index in [-0.39, 0.29) is 18.5 Å². The first kappa shape index (κ1) is 15.7. The molecular weight excluding hydrogens is 320 g/mol. The normalized spacial score (nSPS) is 16.7. The van der Waals surface area contributed by atoms with Gasteiger partial charge in [0, 0.05) is 17.8 Å². The number of carboxylic acids is 2. The van der Waals surface area contributed by atoms with E-state index in [1.54, 1.807) is 0 Å². The minimum Gasteiger partial charge on any atom is -0.481 e. The highest BCUT2D eigenvalue weighted by Crippen LogP contribution is 2.42. The van der Waals surface area contributed by atoms with Gasteiger partial charge in [0.25, 0.3) is 5.56 Å². The maximum Gasteiger partial charge on any atom is 0.311 e. The summed E-state index contributed by atoms with van der Waals surface area (Å²) in [6, 6.07) is 0. The molecule has 2 heterocycles. The van der Waals surface area contributed by atoms with Gasteiger partial charge < -0.3 is 10.2 Å². The molecule has 0 radical (unpaired) electrons. The monoisotopic (exact) mass is 336 g/mol. The molecule has 1 atom stereocenters. The highest BCUT2D eigenvalue weighted by Gasteiger charge is 2.34. The first-order valence-electron chi connectivity index (χ1n) is 7.43. The molecule has 7 nitrogen and oxygen atoms in total. The van der Waals surface area contributed by atoms with Crippen LogP contribution in [-0.2, 0) is 29.0 Å². The first-order valence-corrected chi connectivity index (χ1v) is 8.25. The fraction of sp³-hybridized carbons (Fsp3) is 0.467. The Hall–Kier alpha value is -2.22. The standard InChI is InChI=1S/C15H16N2O5S/c1-2-9-16-13-12(14(20)17(9)6-5-10(18)19)11-7(15(21)22)3-4-8(11)23-13/h7H,2-6H2,1H3,(H,18,19)(H,21,22). The zero-order valence-electron chi connectivity index (χ0n) is 12.5. The third-order valence-electron chi connectivity index (χ3n) is 4.18. The molecule has 0 saturated carbocycles. The Morgan fingerprint density at radius 2 is 2.13 bits per heavy atom. The fourth-order valence-corrected chi connectivity index (χ4v) is 4.38. The first-order chi connectivity index (χ1) is 10.9. The van der Waals surface area contributed by atoms with E-state index in [1.165, 1.54) is 15.9 Å². The molecule has 0 aliphatic heterocycles. The van der Waals surface area contributed by atoms with Gasteiger partial charge in [-0.05, 0) is 18.4 Å². The number of thiophene rings is 1. The average molecular weight is 336 g/mol. The summed E-state index contributed by atoms with van der Waals surface area (Å²) >= 11 is 1.38. The molecule has 122 valence electrons. The molecule has 1 aliphatic carbocycles. The smallest absolute Gasteiger partial charge is 0.311 e. The molecule has 2 aromatic rings. The minimum atomic E-state index is -0.988. The van der Waals surface area contributed by atoms with Crippen molar-refractivity contribution in [1.82, 2.24) is 9.55 Å². The molecular formula is C15H16N2O5S. The van der Waals surface area contributed by atoms with E-state index in [9.17, 15) is 19.5 Å². The third kappa shape index (κ3) is 2.52. The molecule has 0 saturated heterocycles. The molecule has 23 heavy (non-hydrogen) atoms. The number of aliphatic carboxylic acids is 2. The summed E-state index contributed by atoms with van der Waals surface area (Å²) < 4.78 is 1.38. The van der Waals surface area contributed by atoms with Crippen LogP contribution in [-0.4, -0.2) is 31.7 Å². The molecule has 0 amide bonds. The Morgan fingerprint density at radius 3 is 2.74 bits per heavy atom. The highest BCUT2D eigenvalue weighted by atomic mass is 32.1. The SMILES string of the molecule is CCc1nc2sc3c(c2c(=O)n1CCC(=O)O)C(C(=O)O)CC3. The van der Waals surface area contributed by atoms with Crippen LogP contribution in [0.2, 0.25) is 0 Å². The summed E-state index contributed by atoms with van der Waals surface area (Å²) in [7, 11) is 0. The van der Waals surface area contributed by atoms with Crippen LogP contribution in [0, 0.1) is 0 Å². The van der Waals surface area contributed by atoms with Crippen LogP contribution in [0.25, 0.3) is 10.2 Å². The molecule has 1 unspecified atom stereocenters. The molecule has 1 aliphatic rings. The van der Waals surface area contributed by atoms with Crippen LogP contribution in [0.1, 0.15) is 41.9 Å². The van der Waals surface area contributed by atoms with E-state index >= 15 is 0 Å². The van der Waals surface area contributed by atoms with Gasteiger partial charge in [-0.2, -0.15) is 0 Å². The number of rotatable bonds is 5. The van der Waals surface area contributed by atoms with Gasteiger partial charge in [-0.1, -0.05) is 6.92 Å². The van der Waals surface area contributed by atoms with Gasteiger partial charge in [-0.3, -0.25) is 19.0 Å². The topological polar surface area (TPSA) is 109 Å². The molecule has 0 aromatic carbocycles. The lowest BCUT2D eigenvalue weighted by Crippen LogP contribution is -2.27. The number of nitrogens with zero attached hydrogens (tertiary/aromatic N) is 2. The van der Waals surface area contributed by atoms with Crippen molar-refractivity contribution in [2.24, 2.45) is 0 Å². The van der Waals surface area contributed by atoms with Gasteiger partial charge in [0.05, 0.1) is 17.7 Å². The summed E-state index contributed by atoms with van der Waals surface area (Å²) in [5.74, 6) is -2.05. The van der Waals surface area contributed by atoms with E-state index in [0.29, 0.717) is 40.9 Å². The van der Waals surface area contributed by atoms with Crippen molar-refractivity contribution in [3.05, 3.63) is 26.6 Å². The van der Waals surface area contributed by atoms with E-state index < -0.39 is 17.9 Å². The predicted molar refractivity (Wildman–Crippen MR) is 84.2 cm³/mol. The zero-order valence-corrected chi connectivity index (χ0v) is 13.4. The van der Waals surface area contributed by atoms with Crippen LogP contribution in [0.15, 0.2) is 4.79 Å². The van der Waals surface area contributed by atoms with E-state index in [0.717, 1.165) is 4.88 Å². The average Bonchev–Trinajstić information content (AvgIpc) is 3.03. The number of aromatic nitrogens is 2. The number of carboxylic acid groups (broad SMARTS) is 2. The van der Waals surface area contributed by atoms with E-state index in [4.69, 9.17) is 5.11 Å². The number of aryl methyl sites for hydroxylation is 2. The Labute approximate surface area is 135 Å². The zero-order chi connectivity index (χ0) is 16.7. The Balaban J connectivity index is 2.23. The molecule has 0 spiro atoms. The Kier molecular flexibility index (Phi) is 3.93. The van der Waals surface area contributed by atoms with Crippen molar-refractivity contribution in [2.75, 3.05) is 0 Å². The van der Waals surface area contributed by atoms with Crippen molar-refractivity contribution < 1.29 is 19.8 Å². The maximum absolute atomic E-state index is 12.9. The van der Waals surface area contributed by atoms with Gasteiger partial charge >= 0.3 is 11.9 Å². The molecule has 0 bridgehead atoms. The second kappa shape index (κ2) is 5.77. The Morgan fingerprint density at radius 1 is 1.39 bits per heavy atom. The highest BCUT2D eigenvalue weighted by molar-refractivity contribution is 7.18. The van der Waals surface area contributed by atoms with Crippen molar-refractivity contribution in [3.63, 3.8) is 0 Å². The summed E-state index contributed by atoms with van der Waals surface area (Å²) in [6.07, 6.45) is 1.48. The summed E-state index contributed by atoms with van der Waals surface area (Å²) in [4.78, 5) is 41.1. The van der Waals surface area contributed by atoms with E-state index in [2.05, 4.69) is 4.98 Å². The lowest BCUT2D eigenvalue weighted by atomic mass is 10.0. The molecule has 3 rings (SSSR count). The van der Waals surface area contributed by atoms with Gasteiger partial charge in [0.2, 0.25) is 0 Å². The number of hydrogen-bond acceptors (Lipinski definition) is 5. The summed E-state index contributed by atoms with van der Waals surface area (Å²) in [5.41, 5.74) is 0.264. The van der Waals surface area contributed by atoms with Crippen LogP contribution in [0.3, 0.4) is 0 Å². The van der Waals surface area contributed by atoms with Gasteiger partial charge in [-0.25, -0.2) is 4.98 Å². The lowest BCUT2D eigenvalue weighted by Gasteiger charge is -2.11. The Bertz CT molecular complexity index is 867. The number of carbonyl (C=O) groups is 2. The van der Waals surface area contributed by atoms with Crippen LogP contribution < -0.4 is 5.56 Å². The van der Waals surface area contributed by atoms with Gasteiger partial charge in [0.15, 0.2) is 0 Å². The van der Waals surface area contributed by atoms with Crippen molar-refractivity contribution >= 4 is 33.5 Å². The second-order valence-electron chi connectivity index (χ2n) is 5.53. The molecule has 0 fully saturated rings. The van der Waals surface area contributed by atoms with Crippen LogP contribution >= 0.6 is 11.3 Å². The third-order valence-corrected chi connectivity index (χ3v) is 5.34. The van der Waals surface area contributed by atoms with E-state index in [1.807, 2.05) is 6.92 Å². The minimum absolute atomic E-state index is 0.0443. The number of hydrogen-bond donors (Lipinski definition) is 2. The lowest BCUT2D eigenvalue weighted by molar-refractivity contribution is -0.139.